The van der Waals surface area contributed by atoms with Crippen LogP contribution in [0.2, 0.25) is 0 Å². The van der Waals surface area contributed by atoms with Crippen molar-refractivity contribution in [2.75, 3.05) is 6.54 Å². The fourth-order valence-electron chi connectivity index (χ4n) is 2.33. The van der Waals surface area contributed by atoms with Crippen molar-refractivity contribution in [1.29, 1.82) is 0 Å². The highest BCUT2D eigenvalue weighted by Crippen LogP contribution is 2.22. The third-order valence-corrected chi connectivity index (χ3v) is 3.57. The molecule has 2 aromatic rings. The highest BCUT2D eigenvalue weighted by atomic mass is 19.1. The Bertz CT molecular complexity index is 633. The van der Waals surface area contributed by atoms with E-state index in [9.17, 15) is 14.3 Å². The minimum Gasteiger partial charge on any atom is -0.389 e. The quantitative estimate of drug-likeness (QED) is 0.861. The van der Waals surface area contributed by atoms with Crippen LogP contribution in [-0.2, 0) is 11.2 Å². The van der Waals surface area contributed by atoms with Crippen LogP contribution >= 0.6 is 0 Å². The molecule has 0 aromatic heterocycles. The fraction of sp³-hybridized carbons (Fsp3) is 0.316. The van der Waals surface area contributed by atoms with Crippen LogP contribution in [0.3, 0.4) is 0 Å². The second-order valence-electron chi connectivity index (χ2n) is 6.32. The summed E-state index contributed by atoms with van der Waals surface area (Å²) in [6.45, 7) is 3.44. The Kier molecular flexibility index (Phi) is 5.50. The number of benzene rings is 2. The summed E-state index contributed by atoms with van der Waals surface area (Å²) in [5.41, 5.74) is 0.805. The lowest BCUT2D eigenvalue weighted by Gasteiger charge is -2.22. The summed E-state index contributed by atoms with van der Waals surface area (Å²) >= 11 is 0. The maximum atomic E-state index is 13.1. The molecule has 4 heteroatoms. The molecule has 0 heterocycles. The smallest absolute Gasteiger partial charge is 0.227 e. The lowest BCUT2D eigenvalue weighted by atomic mass is 9.91. The van der Waals surface area contributed by atoms with E-state index in [0.29, 0.717) is 6.42 Å². The van der Waals surface area contributed by atoms with Gasteiger partial charge in [0.1, 0.15) is 5.82 Å². The Morgan fingerprint density at radius 3 is 2.30 bits per heavy atom. The van der Waals surface area contributed by atoms with Crippen LogP contribution in [0.1, 0.15) is 30.9 Å². The predicted molar refractivity (Wildman–Crippen MR) is 88.6 cm³/mol. The van der Waals surface area contributed by atoms with E-state index >= 15 is 0 Å². The summed E-state index contributed by atoms with van der Waals surface area (Å²) in [7, 11) is 0. The van der Waals surface area contributed by atoms with Crippen molar-refractivity contribution in [3.8, 4) is 0 Å². The topological polar surface area (TPSA) is 49.3 Å². The third kappa shape index (κ3) is 5.49. The first-order valence-electron chi connectivity index (χ1n) is 7.65. The molecule has 2 rings (SSSR count). The Hall–Kier alpha value is -2.20. The molecule has 0 radical (unpaired) electrons. The maximum Gasteiger partial charge on any atom is 0.227 e. The number of carbonyl (C=O) groups excluding carboxylic acids is 1. The van der Waals surface area contributed by atoms with Gasteiger partial charge in [0, 0.05) is 6.54 Å². The zero-order valence-corrected chi connectivity index (χ0v) is 13.4. The SMILES string of the molecule is CC(C)(O)CNC(=O)C(Cc1ccccc1)c1ccc(F)cc1. The van der Waals surface area contributed by atoms with E-state index in [4.69, 9.17) is 0 Å². The molecule has 0 saturated heterocycles. The zero-order valence-electron chi connectivity index (χ0n) is 13.4. The van der Waals surface area contributed by atoms with Gasteiger partial charge in [-0.15, -0.1) is 0 Å². The first kappa shape index (κ1) is 17.2. The van der Waals surface area contributed by atoms with Gasteiger partial charge in [-0.1, -0.05) is 42.5 Å². The summed E-state index contributed by atoms with van der Waals surface area (Å²) in [6, 6.07) is 15.7. The number of rotatable bonds is 6. The largest absolute Gasteiger partial charge is 0.389 e. The Labute approximate surface area is 136 Å². The first-order valence-corrected chi connectivity index (χ1v) is 7.65. The molecule has 0 aliphatic rings. The van der Waals surface area contributed by atoms with Crippen LogP contribution in [-0.4, -0.2) is 23.2 Å². The minimum absolute atomic E-state index is 0.165. The highest BCUT2D eigenvalue weighted by Gasteiger charge is 2.23. The molecule has 23 heavy (non-hydrogen) atoms. The molecule has 122 valence electrons. The van der Waals surface area contributed by atoms with Gasteiger partial charge < -0.3 is 10.4 Å². The maximum absolute atomic E-state index is 13.1. The van der Waals surface area contributed by atoms with Crippen molar-refractivity contribution >= 4 is 5.91 Å². The van der Waals surface area contributed by atoms with E-state index in [2.05, 4.69) is 5.32 Å². The van der Waals surface area contributed by atoms with E-state index in [1.807, 2.05) is 30.3 Å². The van der Waals surface area contributed by atoms with Crippen LogP contribution in [0.15, 0.2) is 54.6 Å². The van der Waals surface area contributed by atoms with Crippen LogP contribution in [0.4, 0.5) is 4.39 Å². The number of halogens is 1. The summed E-state index contributed by atoms with van der Waals surface area (Å²) in [5, 5.41) is 12.6. The Morgan fingerprint density at radius 2 is 1.74 bits per heavy atom. The molecule has 0 fully saturated rings. The molecule has 2 N–H and O–H groups in total. The van der Waals surface area contributed by atoms with Gasteiger partial charge in [-0.05, 0) is 43.5 Å². The predicted octanol–water partition coefficient (Wildman–Crippen LogP) is 3.04. The number of carbonyl (C=O) groups is 1. The van der Waals surface area contributed by atoms with Crippen LogP contribution in [0.5, 0.6) is 0 Å². The van der Waals surface area contributed by atoms with Gasteiger partial charge in [0.05, 0.1) is 11.5 Å². The van der Waals surface area contributed by atoms with E-state index in [1.54, 1.807) is 26.0 Å². The standard InChI is InChI=1S/C19H22FNO2/c1-19(2,23)13-21-18(22)17(12-14-6-4-3-5-7-14)15-8-10-16(20)11-9-15/h3-11,17,23H,12-13H2,1-2H3,(H,21,22). The molecule has 1 unspecified atom stereocenters. The molecular formula is C19H22FNO2. The molecule has 0 aliphatic heterocycles. The van der Waals surface area contributed by atoms with E-state index in [0.717, 1.165) is 11.1 Å². The summed E-state index contributed by atoms with van der Waals surface area (Å²) in [6.07, 6.45) is 0.518. The van der Waals surface area contributed by atoms with Crippen LogP contribution < -0.4 is 5.32 Å². The van der Waals surface area contributed by atoms with Gasteiger partial charge in [-0.3, -0.25) is 4.79 Å². The van der Waals surface area contributed by atoms with Gasteiger partial charge in [0.25, 0.3) is 0 Å². The molecule has 0 aliphatic carbocycles. The molecule has 0 spiro atoms. The molecule has 2 aromatic carbocycles. The minimum atomic E-state index is -0.976. The molecule has 3 nitrogen and oxygen atoms in total. The van der Waals surface area contributed by atoms with Gasteiger partial charge in [-0.25, -0.2) is 4.39 Å². The van der Waals surface area contributed by atoms with Crippen molar-refractivity contribution in [3.63, 3.8) is 0 Å². The first-order chi connectivity index (χ1) is 10.8. The normalized spacial score (nSPS) is 12.7. The number of aliphatic hydroxyl groups is 1. The molecule has 0 saturated carbocycles. The lowest BCUT2D eigenvalue weighted by molar-refractivity contribution is -0.123. The number of nitrogens with one attached hydrogen (secondary N) is 1. The molecule has 1 amide bonds. The fourth-order valence-corrected chi connectivity index (χ4v) is 2.33. The van der Waals surface area contributed by atoms with E-state index in [-0.39, 0.29) is 18.3 Å². The average Bonchev–Trinajstić information content (AvgIpc) is 2.52. The lowest BCUT2D eigenvalue weighted by Crippen LogP contribution is -2.40. The van der Waals surface area contributed by atoms with E-state index in [1.165, 1.54) is 12.1 Å². The third-order valence-electron chi connectivity index (χ3n) is 3.57. The van der Waals surface area contributed by atoms with E-state index < -0.39 is 11.5 Å². The van der Waals surface area contributed by atoms with Gasteiger partial charge in [0.2, 0.25) is 5.91 Å². The van der Waals surface area contributed by atoms with Crippen molar-refractivity contribution in [2.45, 2.75) is 31.8 Å². The summed E-state index contributed by atoms with van der Waals surface area (Å²) < 4.78 is 13.1. The zero-order chi connectivity index (χ0) is 16.9. The second-order valence-corrected chi connectivity index (χ2v) is 6.32. The molecular weight excluding hydrogens is 293 g/mol. The van der Waals surface area contributed by atoms with Crippen molar-refractivity contribution in [2.24, 2.45) is 0 Å². The Morgan fingerprint density at radius 1 is 1.13 bits per heavy atom. The second kappa shape index (κ2) is 7.38. The van der Waals surface area contributed by atoms with Gasteiger partial charge in [0.15, 0.2) is 0 Å². The number of hydrogen-bond donors (Lipinski definition) is 2. The van der Waals surface area contributed by atoms with Crippen molar-refractivity contribution in [1.82, 2.24) is 5.32 Å². The number of amides is 1. The highest BCUT2D eigenvalue weighted by molar-refractivity contribution is 5.84. The van der Waals surface area contributed by atoms with Crippen LogP contribution in [0.25, 0.3) is 0 Å². The monoisotopic (exact) mass is 315 g/mol. The number of hydrogen-bond acceptors (Lipinski definition) is 2. The van der Waals surface area contributed by atoms with Gasteiger partial charge in [-0.2, -0.15) is 0 Å². The van der Waals surface area contributed by atoms with Crippen molar-refractivity contribution < 1.29 is 14.3 Å². The van der Waals surface area contributed by atoms with Crippen molar-refractivity contribution in [3.05, 3.63) is 71.5 Å². The van der Waals surface area contributed by atoms with Gasteiger partial charge >= 0.3 is 0 Å². The summed E-state index contributed by atoms with van der Waals surface area (Å²) in [4.78, 5) is 12.6. The molecule has 0 bridgehead atoms. The van der Waals surface area contributed by atoms with Crippen LogP contribution in [0, 0.1) is 5.82 Å². The summed E-state index contributed by atoms with van der Waals surface area (Å²) in [5.74, 6) is -0.938. The molecule has 1 atom stereocenters. The average molecular weight is 315 g/mol. The Balaban J connectivity index is 2.20.